The van der Waals surface area contributed by atoms with E-state index in [0.29, 0.717) is 36.8 Å². The molecule has 0 bridgehead atoms. The number of hydrogen-bond donors (Lipinski definition) is 0. The normalized spacial score (nSPS) is 16.8. The first-order valence-corrected chi connectivity index (χ1v) is 12.8. The zero-order valence-corrected chi connectivity index (χ0v) is 22.2. The summed E-state index contributed by atoms with van der Waals surface area (Å²) in [6, 6.07) is 19.4. The Labute approximate surface area is 230 Å². The number of hydrogen-bond acceptors (Lipinski definition) is 4. The SMILES string of the molecule is COc1cc2c(cc1OCc1ccccc1)C[N+](C)(Cc1ccc(Oc3cc(C(F)(F)F)ccc3F)nc1)CC2. The Kier molecular flexibility index (Phi) is 7.67. The molecule has 1 unspecified atom stereocenters. The van der Waals surface area contributed by atoms with Gasteiger partial charge in [-0.25, -0.2) is 9.37 Å². The molecule has 9 heteroatoms. The van der Waals surface area contributed by atoms with Crippen LogP contribution in [0.1, 0.15) is 27.8 Å². The van der Waals surface area contributed by atoms with E-state index in [-0.39, 0.29) is 5.88 Å². The predicted molar refractivity (Wildman–Crippen MR) is 142 cm³/mol. The second-order valence-electron chi connectivity index (χ2n) is 10.2. The number of pyridine rings is 1. The molecular weight excluding hydrogens is 524 g/mol. The molecule has 0 N–H and O–H groups in total. The lowest BCUT2D eigenvalue weighted by Gasteiger charge is -2.39. The van der Waals surface area contributed by atoms with Gasteiger partial charge < -0.3 is 18.7 Å². The van der Waals surface area contributed by atoms with Gasteiger partial charge >= 0.3 is 6.18 Å². The van der Waals surface area contributed by atoms with Crippen LogP contribution < -0.4 is 14.2 Å². The average Bonchev–Trinajstić information content (AvgIpc) is 2.93. The third-order valence-corrected chi connectivity index (χ3v) is 7.03. The topological polar surface area (TPSA) is 40.6 Å². The van der Waals surface area contributed by atoms with Gasteiger partial charge in [-0.3, -0.25) is 0 Å². The van der Waals surface area contributed by atoms with E-state index in [1.165, 1.54) is 11.1 Å². The number of nitrogens with zero attached hydrogens (tertiary/aromatic N) is 2. The molecule has 1 aliphatic rings. The number of alkyl halides is 3. The van der Waals surface area contributed by atoms with E-state index in [2.05, 4.69) is 24.2 Å². The molecule has 5 rings (SSSR count). The van der Waals surface area contributed by atoms with E-state index in [0.717, 1.165) is 41.2 Å². The van der Waals surface area contributed by atoms with E-state index in [1.807, 2.05) is 30.3 Å². The minimum absolute atomic E-state index is 0.0147. The molecule has 2 heterocycles. The lowest BCUT2D eigenvalue weighted by molar-refractivity contribution is -0.937. The number of methoxy groups -OCH3 is 1. The predicted octanol–water partition coefficient (Wildman–Crippen LogP) is 7.32. The van der Waals surface area contributed by atoms with Crippen molar-refractivity contribution in [2.45, 2.75) is 32.3 Å². The zero-order valence-electron chi connectivity index (χ0n) is 22.2. The van der Waals surface area contributed by atoms with Crippen LogP contribution in [-0.2, 0) is 32.3 Å². The fourth-order valence-electron chi connectivity index (χ4n) is 4.92. The van der Waals surface area contributed by atoms with Crippen LogP contribution in [0.4, 0.5) is 17.6 Å². The summed E-state index contributed by atoms with van der Waals surface area (Å²) in [5.74, 6) is 0.00217. The van der Waals surface area contributed by atoms with Gasteiger partial charge in [0.15, 0.2) is 23.1 Å². The number of halogens is 4. The summed E-state index contributed by atoms with van der Waals surface area (Å²) in [5.41, 5.74) is 3.42. The Balaban J connectivity index is 1.27. The van der Waals surface area contributed by atoms with E-state index >= 15 is 0 Å². The second kappa shape index (κ2) is 11.2. The van der Waals surface area contributed by atoms with Crippen LogP contribution >= 0.6 is 0 Å². The summed E-state index contributed by atoms with van der Waals surface area (Å²) in [4.78, 5) is 4.22. The quantitative estimate of drug-likeness (QED) is 0.169. The number of aromatic nitrogens is 1. The minimum Gasteiger partial charge on any atom is -0.493 e. The number of fused-ring (bicyclic) bond motifs is 1. The number of quaternary nitrogens is 1. The highest BCUT2D eigenvalue weighted by atomic mass is 19.4. The highest BCUT2D eigenvalue weighted by Crippen LogP contribution is 2.37. The maximum Gasteiger partial charge on any atom is 0.416 e. The minimum atomic E-state index is -4.60. The van der Waals surface area contributed by atoms with Gasteiger partial charge in [0.1, 0.15) is 19.7 Å². The number of benzene rings is 3. The summed E-state index contributed by atoms with van der Waals surface area (Å²) in [5, 5.41) is 0. The molecular formula is C31H29F4N2O3+. The van der Waals surface area contributed by atoms with Crippen LogP contribution in [0.2, 0.25) is 0 Å². The summed E-state index contributed by atoms with van der Waals surface area (Å²) in [7, 11) is 3.81. The first-order chi connectivity index (χ1) is 19.1. The van der Waals surface area contributed by atoms with Gasteiger partial charge in [-0.05, 0) is 47.5 Å². The Morgan fingerprint density at radius 2 is 1.65 bits per heavy atom. The smallest absolute Gasteiger partial charge is 0.416 e. The van der Waals surface area contributed by atoms with Gasteiger partial charge in [0.05, 0.1) is 26.3 Å². The van der Waals surface area contributed by atoms with Crippen LogP contribution in [0.25, 0.3) is 0 Å². The van der Waals surface area contributed by atoms with Crippen LogP contribution in [0.3, 0.4) is 0 Å². The van der Waals surface area contributed by atoms with Crippen molar-refractivity contribution in [2.24, 2.45) is 0 Å². The molecule has 1 atom stereocenters. The van der Waals surface area contributed by atoms with E-state index in [9.17, 15) is 17.6 Å². The third kappa shape index (κ3) is 6.37. The molecule has 40 heavy (non-hydrogen) atoms. The Bertz CT molecular complexity index is 1480. The highest BCUT2D eigenvalue weighted by Gasteiger charge is 2.32. The van der Waals surface area contributed by atoms with Crippen molar-refractivity contribution in [3.63, 3.8) is 0 Å². The summed E-state index contributed by atoms with van der Waals surface area (Å²) in [6.07, 6.45) is -2.12. The molecule has 1 aromatic heterocycles. The molecule has 208 valence electrons. The molecule has 0 fully saturated rings. The molecule has 0 spiro atoms. The summed E-state index contributed by atoms with van der Waals surface area (Å²) < 4.78 is 70.9. The van der Waals surface area contributed by atoms with Gasteiger partial charge in [-0.2, -0.15) is 13.2 Å². The molecule has 0 saturated heterocycles. The van der Waals surface area contributed by atoms with Crippen molar-refractivity contribution in [3.8, 4) is 23.1 Å². The van der Waals surface area contributed by atoms with Crippen LogP contribution in [-0.4, -0.2) is 30.2 Å². The highest BCUT2D eigenvalue weighted by molar-refractivity contribution is 5.48. The lowest BCUT2D eigenvalue weighted by atomic mass is 9.96. The van der Waals surface area contributed by atoms with Crippen molar-refractivity contribution in [1.82, 2.24) is 4.98 Å². The van der Waals surface area contributed by atoms with Crippen molar-refractivity contribution in [3.05, 3.63) is 113 Å². The van der Waals surface area contributed by atoms with E-state index < -0.39 is 23.3 Å². The third-order valence-electron chi connectivity index (χ3n) is 7.03. The molecule has 0 aliphatic carbocycles. The Morgan fingerprint density at radius 1 is 0.875 bits per heavy atom. The van der Waals surface area contributed by atoms with Crippen molar-refractivity contribution < 1.29 is 36.3 Å². The average molecular weight is 554 g/mol. The van der Waals surface area contributed by atoms with Crippen molar-refractivity contribution in [2.75, 3.05) is 20.7 Å². The van der Waals surface area contributed by atoms with Crippen LogP contribution in [0.5, 0.6) is 23.1 Å². The molecule has 1 aliphatic heterocycles. The van der Waals surface area contributed by atoms with Gasteiger partial charge in [0.25, 0.3) is 0 Å². The number of ether oxygens (including phenoxy) is 3. The zero-order chi connectivity index (χ0) is 28.3. The number of likely N-dealkylation sites (N-methyl/N-ethyl adjacent to an activating group) is 1. The molecule has 0 radical (unpaired) electrons. The fraction of sp³-hybridized carbons (Fsp3) is 0.258. The molecule has 5 nitrogen and oxygen atoms in total. The summed E-state index contributed by atoms with van der Waals surface area (Å²) in [6.45, 7) is 2.78. The molecule has 3 aromatic carbocycles. The first-order valence-electron chi connectivity index (χ1n) is 12.8. The Morgan fingerprint density at radius 3 is 2.35 bits per heavy atom. The van der Waals surface area contributed by atoms with Gasteiger partial charge in [0, 0.05) is 29.8 Å². The van der Waals surface area contributed by atoms with Gasteiger partial charge in [-0.15, -0.1) is 0 Å². The fourth-order valence-corrected chi connectivity index (χ4v) is 4.92. The van der Waals surface area contributed by atoms with Crippen LogP contribution in [0, 0.1) is 5.82 Å². The summed E-state index contributed by atoms with van der Waals surface area (Å²) >= 11 is 0. The maximum atomic E-state index is 14.1. The number of rotatable bonds is 8. The maximum absolute atomic E-state index is 14.1. The molecule has 0 amide bonds. The standard InChI is InChI=1S/C31H29F4N2O3/c1-37(18-22-8-11-30(36-17-22)40-27-16-25(31(33,34)35)9-10-26(27)32)13-12-23-14-28(38-2)29(15-24(23)19-37)39-20-21-6-4-3-5-7-21/h3-11,14-17H,12-13,18-20H2,1-2H3/q+1. The van der Waals surface area contributed by atoms with E-state index in [4.69, 9.17) is 14.2 Å². The second-order valence-corrected chi connectivity index (χ2v) is 10.2. The Hall–Kier alpha value is -4.11. The first kappa shape index (κ1) is 27.5. The van der Waals surface area contributed by atoms with Gasteiger partial charge in [-0.1, -0.05) is 30.3 Å². The lowest BCUT2D eigenvalue weighted by Crippen LogP contribution is -2.46. The van der Waals surface area contributed by atoms with Crippen molar-refractivity contribution in [1.29, 1.82) is 0 Å². The van der Waals surface area contributed by atoms with Gasteiger partial charge in [0.2, 0.25) is 5.88 Å². The molecule has 4 aromatic rings. The van der Waals surface area contributed by atoms with Crippen molar-refractivity contribution >= 4 is 0 Å². The molecule has 0 saturated carbocycles. The van der Waals surface area contributed by atoms with Crippen LogP contribution in [0.15, 0.2) is 79.0 Å². The largest absolute Gasteiger partial charge is 0.493 e. The monoisotopic (exact) mass is 553 g/mol. The van der Waals surface area contributed by atoms with E-state index in [1.54, 1.807) is 25.4 Å².